The Morgan fingerprint density at radius 3 is 2.53 bits per heavy atom. The van der Waals surface area contributed by atoms with E-state index >= 15 is 0 Å². The first-order chi connectivity index (χ1) is 7.28. The van der Waals surface area contributed by atoms with Crippen LogP contribution >= 0.6 is 0 Å². The van der Waals surface area contributed by atoms with E-state index in [4.69, 9.17) is 5.73 Å². The van der Waals surface area contributed by atoms with Crippen LogP contribution in [0.4, 0.5) is 0 Å². The minimum absolute atomic E-state index is 0.317. The summed E-state index contributed by atoms with van der Waals surface area (Å²) in [5, 5.41) is 0. The molecular weight excluding hydrogens is 184 g/mol. The van der Waals surface area contributed by atoms with Gasteiger partial charge in [0.05, 0.1) is 0 Å². The Morgan fingerprint density at radius 2 is 2.07 bits per heavy atom. The fourth-order valence-electron chi connectivity index (χ4n) is 2.65. The van der Waals surface area contributed by atoms with Gasteiger partial charge in [-0.05, 0) is 37.6 Å². The molecule has 2 heteroatoms. The minimum Gasteiger partial charge on any atom is -0.324 e. The summed E-state index contributed by atoms with van der Waals surface area (Å²) in [7, 11) is 0. The van der Waals surface area contributed by atoms with Gasteiger partial charge in [0.1, 0.15) is 0 Å². The van der Waals surface area contributed by atoms with Gasteiger partial charge in [-0.1, -0.05) is 25.5 Å². The van der Waals surface area contributed by atoms with E-state index in [9.17, 15) is 0 Å². The van der Waals surface area contributed by atoms with E-state index in [1.807, 2.05) is 0 Å². The molecule has 0 aromatic heterocycles. The molecule has 2 aliphatic rings. The van der Waals surface area contributed by atoms with Crippen molar-refractivity contribution in [3.05, 3.63) is 12.2 Å². The summed E-state index contributed by atoms with van der Waals surface area (Å²) in [6.45, 7) is 6.00. The van der Waals surface area contributed by atoms with Crippen molar-refractivity contribution in [2.45, 2.75) is 38.6 Å². The van der Waals surface area contributed by atoms with Crippen LogP contribution in [-0.4, -0.2) is 30.6 Å². The van der Waals surface area contributed by atoms with Gasteiger partial charge in [0, 0.05) is 19.1 Å². The van der Waals surface area contributed by atoms with Crippen molar-refractivity contribution in [3.8, 4) is 0 Å². The zero-order valence-corrected chi connectivity index (χ0v) is 9.86. The zero-order chi connectivity index (χ0) is 10.7. The monoisotopic (exact) mass is 208 g/mol. The molecule has 2 atom stereocenters. The lowest BCUT2D eigenvalue weighted by molar-refractivity contribution is 0.171. The molecule has 2 unspecified atom stereocenters. The summed E-state index contributed by atoms with van der Waals surface area (Å²) in [6, 6.07) is 0.317. The molecule has 1 saturated carbocycles. The summed E-state index contributed by atoms with van der Waals surface area (Å²) >= 11 is 0. The molecule has 2 aliphatic carbocycles. The SMILES string of the molecule is CCN(CC1C=CC(N)C1)CC1CCC1. The number of nitrogens with zero attached hydrogens (tertiary/aromatic N) is 1. The number of hydrogen-bond donors (Lipinski definition) is 1. The fourth-order valence-corrected chi connectivity index (χ4v) is 2.65. The Balaban J connectivity index is 1.72. The highest BCUT2D eigenvalue weighted by Crippen LogP contribution is 2.28. The van der Waals surface area contributed by atoms with E-state index in [2.05, 4.69) is 24.0 Å². The van der Waals surface area contributed by atoms with Gasteiger partial charge in [0.15, 0.2) is 0 Å². The number of nitrogens with two attached hydrogens (primary N) is 1. The molecule has 0 aromatic rings. The molecule has 0 spiro atoms. The van der Waals surface area contributed by atoms with E-state index in [0.29, 0.717) is 12.0 Å². The molecular formula is C13H24N2. The van der Waals surface area contributed by atoms with E-state index in [1.54, 1.807) is 0 Å². The van der Waals surface area contributed by atoms with Gasteiger partial charge in [0.2, 0.25) is 0 Å². The van der Waals surface area contributed by atoms with Crippen molar-refractivity contribution in [2.24, 2.45) is 17.6 Å². The van der Waals surface area contributed by atoms with Crippen molar-refractivity contribution < 1.29 is 0 Å². The topological polar surface area (TPSA) is 29.3 Å². The zero-order valence-electron chi connectivity index (χ0n) is 9.86. The first-order valence-corrected chi connectivity index (χ1v) is 6.44. The molecule has 2 rings (SSSR count). The van der Waals surface area contributed by atoms with Crippen molar-refractivity contribution in [1.29, 1.82) is 0 Å². The van der Waals surface area contributed by atoms with Gasteiger partial charge in [-0.15, -0.1) is 0 Å². The molecule has 0 aliphatic heterocycles. The average Bonchev–Trinajstić information content (AvgIpc) is 2.55. The van der Waals surface area contributed by atoms with Crippen molar-refractivity contribution in [3.63, 3.8) is 0 Å². The molecule has 15 heavy (non-hydrogen) atoms. The van der Waals surface area contributed by atoms with Gasteiger partial charge in [-0.3, -0.25) is 0 Å². The lowest BCUT2D eigenvalue weighted by Crippen LogP contribution is -2.35. The lowest BCUT2D eigenvalue weighted by atomic mass is 9.85. The predicted octanol–water partition coefficient (Wildman–Crippen LogP) is 2.01. The van der Waals surface area contributed by atoms with Gasteiger partial charge in [-0.2, -0.15) is 0 Å². The number of hydrogen-bond acceptors (Lipinski definition) is 2. The highest BCUT2D eigenvalue weighted by atomic mass is 15.1. The summed E-state index contributed by atoms with van der Waals surface area (Å²) in [4.78, 5) is 2.61. The predicted molar refractivity (Wildman–Crippen MR) is 64.7 cm³/mol. The molecule has 86 valence electrons. The Hall–Kier alpha value is -0.340. The van der Waals surface area contributed by atoms with Crippen LogP contribution in [0.5, 0.6) is 0 Å². The fraction of sp³-hybridized carbons (Fsp3) is 0.846. The maximum atomic E-state index is 5.88. The summed E-state index contributed by atoms with van der Waals surface area (Å²) in [5.41, 5.74) is 5.88. The summed E-state index contributed by atoms with van der Waals surface area (Å²) in [5.74, 6) is 1.70. The highest BCUT2D eigenvalue weighted by Gasteiger charge is 2.23. The molecule has 0 saturated heterocycles. The maximum Gasteiger partial charge on any atom is 0.0229 e. The Labute approximate surface area is 93.5 Å². The number of rotatable bonds is 5. The van der Waals surface area contributed by atoms with E-state index < -0.39 is 0 Å². The molecule has 0 aromatic carbocycles. The first-order valence-electron chi connectivity index (χ1n) is 6.44. The molecule has 0 radical (unpaired) electrons. The Morgan fingerprint density at radius 1 is 1.27 bits per heavy atom. The smallest absolute Gasteiger partial charge is 0.0229 e. The molecule has 0 amide bonds. The lowest BCUT2D eigenvalue weighted by Gasteiger charge is -2.32. The van der Waals surface area contributed by atoms with Crippen LogP contribution in [0.25, 0.3) is 0 Å². The third-order valence-electron chi connectivity index (χ3n) is 3.89. The second kappa shape index (κ2) is 5.13. The first kappa shape index (κ1) is 11.2. The summed E-state index contributed by atoms with van der Waals surface area (Å²) < 4.78 is 0. The van der Waals surface area contributed by atoms with Crippen molar-refractivity contribution >= 4 is 0 Å². The molecule has 0 heterocycles. The normalized spacial score (nSPS) is 31.1. The van der Waals surface area contributed by atoms with Crippen LogP contribution in [0.1, 0.15) is 32.6 Å². The highest BCUT2D eigenvalue weighted by molar-refractivity contribution is 5.05. The van der Waals surface area contributed by atoms with Crippen LogP contribution in [0.2, 0.25) is 0 Å². The summed E-state index contributed by atoms with van der Waals surface area (Å²) in [6.07, 6.45) is 10.0. The van der Waals surface area contributed by atoms with Crippen molar-refractivity contribution in [1.82, 2.24) is 4.90 Å². The third kappa shape index (κ3) is 3.05. The minimum atomic E-state index is 0.317. The molecule has 0 bridgehead atoms. The van der Waals surface area contributed by atoms with E-state index in [-0.39, 0.29) is 0 Å². The second-order valence-electron chi connectivity index (χ2n) is 5.19. The molecule has 2 nitrogen and oxygen atoms in total. The van der Waals surface area contributed by atoms with Crippen LogP contribution in [0.3, 0.4) is 0 Å². The van der Waals surface area contributed by atoms with Gasteiger partial charge in [0.25, 0.3) is 0 Å². The van der Waals surface area contributed by atoms with Crippen LogP contribution < -0.4 is 5.73 Å². The standard InChI is InChI=1S/C13H24N2/c1-2-15(9-11-4-3-5-11)10-12-6-7-13(14)8-12/h6-7,11-13H,2-5,8-10,14H2,1H3. The van der Waals surface area contributed by atoms with Gasteiger partial charge < -0.3 is 10.6 Å². The molecule has 2 N–H and O–H groups in total. The van der Waals surface area contributed by atoms with Crippen LogP contribution in [0.15, 0.2) is 12.2 Å². The van der Waals surface area contributed by atoms with Gasteiger partial charge >= 0.3 is 0 Å². The van der Waals surface area contributed by atoms with Crippen LogP contribution in [-0.2, 0) is 0 Å². The average molecular weight is 208 g/mol. The Kier molecular flexibility index (Phi) is 3.81. The largest absolute Gasteiger partial charge is 0.324 e. The van der Waals surface area contributed by atoms with Crippen molar-refractivity contribution in [2.75, 3.05) is 19.6 Å². The van der Waals surface area contributed by atoms with Gasteiger partial charge in [-0.25, -0.2) is 0 Å². The quantitative estimate of drug-likeness (QED) is 0.700. The molecule has 1 fully saturated rings. The third-order valence-corrected chi connectivity index (χ3v) is 3.89. The van der Waals surface area contributed by atoms with E-state index in [0.717, 1.165) is 12.3 Å². The van der Waals surface area contributed by atoms with Crippen LogP contribution in [0, 0.1) is 11.8 Å². The second-order valence-corrected chi connectivity index (χ2v) is 5.19. The maximum absolute atomic E-state index is 5.88. The Bertz CT molecular complexity index is 221. The van der Waals surface area contributed by atoms with E-state index in [1.165, 1.54) is 38.9 Å².